The van der Waals surface area contributed by atoms with Gasteiger partial charge in [0.25, 0.3) is 0 Å². The summed E-state index contributed by atoms with van der Waals surface area (Å²) >= 11 is 6.20. The molecule has 0 bridgehead atoms. The van der Waals surface area contributed by atoms with Crippen molar-refractivity contribution in [2.24, 2.45) is 5.92 Å². The minimum Gasteiger partial charge on any atom is -0.314 e. The third-order valence-electron chi connectivity index (χ3n) is 3.64. The number of benzene rings is 1. The zero-order valence-electron chi connectivity index (χ0n) is 10.7. The lowest BCUT2D eigenvalue weighted by Crippen LogP contribution is -2.40. The maximum absolute atomic E-state index is 6.20. The summed E-state index contributed by atoms with van der Waals surface area (Å²) in [4.78, 5) is 0. The van der Waals surface area contributed by atoms with Gasteiger partial charge in [0, 0.05) is 11.1 Å². The first kappa shape index (κ1) is 12.9. The van der Waals surface area contributed by atoms with Gasteiger partial charge in [-0.05, 0) is 49.3 Å². The highest BCUT2D eigenvalue weighted by Gasteiger charge is 2.30. The van der Waals surface area contributed by atoms with Gasteiger partial charge < -0.3 is 5.32 Å². The van der Waals surface area contributed by atoms with Gasteiger partial charge >= 0.3 is 0 Å². The van der Waals surface area contributed by atoms with E-state index in [9.17, 15) is 0 Å². The fourth-order valence-corrected chi connectivity index (χ4v) is 2.71. The zero-order valence-corrected chi connectivity index (χ0v) is 11.5. The normalized spacial score (nSPS) is 23.8. The molecule has 0 aliphatic heterocycles. The van der Waals surface area contributed by atoms with E-state index in [4.69, 9.17) is 11.6 Å². The largest absolute Gasteiger partial charge is 0.314 e. The van der Waals surface area contributed by atoms with Gasteiger partial charge in [0.1, 0.15) is 0 Å². The molecule has 17 heavy (non-hydrogen) atoms. The maximum atomic E-state index is 6.20. The second-order valence-corrected chi connectivity index (χ2v) is 5.93. The van der Waals surface area contributed by atoms with E-state index in [1.165, 1.54) is 24.8 Å². The standard InChI is InChI=1S/C15H22ClN/c1-11(2)7-8-17-13-9-12(10-13)14-5-3-4-6-15(14)16/h3-6,11-13,17H,7-10H2,1-2H3. The Labute approximate surface area is 110 Å². The molecule has 2 rings (SSSR count). The van der Waals surface area contributed by atoms with Crippen LogP contribution in [0, 0.1) is 5.92 Å². The molecule has 0 amide bonds. The minimum absolute atomic E-state index is 0.667. The average Bonchev–Trinajstić information content (AvgIpc) is 2.23. The van der Waals surface area contributed by atoms with Crippen molar-refractivity contribution in [2.75, 3.05) is 6.54 Å². The first-order valence-electron chi connectivity index (χ1n) is 6.64. The summed E-state index contributed by atoms with van der Waals surface area (Å²) in [6.07, 6.45) is 3.75. The average molecular weight is 252 g/mol. The zero-order chi connectivity index (χ0) is 12.3. The van der Waals surface area contributed by atoms with Gasteiger partial charge in [0.15, 0.2) is 0 Å². The molecule has 1 N–H and O–H groups in total. The highest BCUT2D eigenvalue weighted by atomic mass is 35.5. The van der Waals surface area contributed by atoms with Crippen molar-refractivity contribution < 1.29 is 0 Å². The molecule has 0 unspecified atom stereocenters. The van der Waals surface area contributed by atoms with E-state index >= 15 is 0 Å². The van der Waals surface area contributed by atoms with Gasteiger partial charge in [-0.3, -0.25) is 0 Å². The van der Waals surface area contributed by atoms with Gasteiger partial charge in [-0.1, -0.05) is 43.6 Å². The Balaban J connectivity index is 1.74. The van der Waals surface area contributed by atoms with Crippen LogP contribution < -0.4 is 5.32 Å². The van der Waals surface area contributed by atoms with Crippen LogP contribution in [0.5, 0.6) is 0 Å². The molecule has 0 heterocycles. The summed E-state index contributed by atoms with van der Waals surface area (Å²) in [7, 11) is 0. The van der Waals surface area contributed by atoms with Gasteiger partial charge in [0.2, 0.25) is 0 Å². The van der Waals surface area contributed by atoms with E-state index in [2.05, 4.69) is 31.3 Å². The van der Waals surface area contributed by atoms with E-state index in [-0.39, 0.29) is 0 Å². The summed E-state index contributed by atoms with van der Waals surface area (Å²) in [5.74, 6) is 1.46. The van der Waals surface area contributed by atoms with Gasteiger partial charge in [-0.15, -0.1) is 0 Å². The molecule has 0 aromatic heterocycles. The third-order valence-corrected chi connectivity index (χ3v) is 3.98. The Morgan fingerprint density at radius 1 is 1.29 bits per heavy atom. The maximum Gasteiger partial charge on any atom is 0.0440 e. The first-order valence-corrected chi connectivity index (χ1v) is 7.02. The molecular weight excluding hydrogens is 230 g/mol. The van der Waals surface area contributed by atoms with Crippen molar-refractivity contribution in [1.82, 2.24) is 5.32 Å². The van der Waals surface area contributed by atoms with Crippen LogP contribution in [0.1, 0.15) is 44.6 Å². The second-order valence-electron chi connectivity index (χ2n) is 5.52. The van der Waals surface area contributed by atoms with E-state index in [0.717, 1.165) is 17.5 Å². The SMILES string of the molecule is CC(C)CCNC1CC(c2ccccc2Cl)C1. The molecule has 1 nitrogen and oxygen atoms in total. The van der Waals surface area contributed by atoms with Gasteiger partial charge in [0.05, 0.1) is 0 Å². The van der Waals surface area contributed by atoms with Crippen LogP contribution in [0.25, 0.3) is 0 Å². The van der Waals surface area contributed by atoms with Crippen LogP contribution >= 0.6 is 11.6 Å². The molecule has 1 aliphatic rings. The lowest BCUT2D eigenvalue weighted by atomic mass is 9.76. The highest BCUT2D eigenvalue weighted by molar-refractivity contribution is 6.31. The molecule has 1 fully saturated rings. The van der Waals surface area contributed by atoms with Crippen molar-refractivity contribution in [1.29, 1.82) is 0 Å². The van der Waals surface area contributed by atoms with Gasteiger partial charge in [-0.2, -0.15) is 0 Å². The third kappa shape index (κ3) is 3.46. The number of hydrogen-bond donors (Lipinski definition) is 1. The Morgan fingerprint density at radius 3 is 2.65 bits per heavy atom. The van der Waals surface area contributed by atoms with E-state index in [1.807, 2.05) is 12.1 Å². The lowest BCUT2D eigenvalue weighted by Gasteiger charge is -2.37. The fraction of sp³-hybridized carbons (Fsp3) is 0.600. The molecule has 2 heteroatoms. The summed E-state index contributed by atoms with van der Waals surface area (Å²) in [6, 6.07) is 8.95. The number of hydrogen-bond acceptors (Lipinski definition) is 1. The summed E-state index contributed by atoms with van der Waals surface area (Å²) in [6.45, 7) is 5.70. The summed E-state index contributed by atoms with van der Waals surface area (Å²) in [5, 5.41) is 4.56. The molecule has 0 atom stereocenters. The van der Waals surface area contributed by atoms with Crippen LogP contribution in [-0.4, -0.2) is 12.6 Å². The summed E-state index contributed by atoms with van der Waals surface area (Å²) < 4.78 is 0. The van der Waals surface area contributed by atoms with Crippen molar-refractivity contribution in [2.45, 2.75) is 45.1 Å². The molecule has 1 aromatic rings. The van der Waals surface area contributed by atoms with Crippen molar-refractivity contribution >= 4 is 11.6 Å². The van der Waals surface area contributed by atoms with Gasteiger partial charge in [-0.25, -0.2) is 0 Å². The fourth-order valence-electron chi connectivity index (χ4n) is 2.42. The van der Waals surface area contributed by atoms with Crippen LogP contribution in [0.2, 0.25) is 5.02 Å². The minimum atomic E-state index is 0.667. The molecule has 0 spiro atoms. The Kier molecular flexibility index (Phi) is 4.47. The van der Waals surface area contributed by atoms with Crippen molar-refractivity contribution in [3.05, 3.63) is 34.9 Å². The van der Waals surface area contributed by atoms with E-state index in [1.54, 1.807) is 0 Å². The molecule has 1 aliphatic carbocycles. The Hall–Kier alpha value is -0.530. The van der Waals surface area contributed by atoms with E-state index in [0.29, 0.717) is 12.0 Å². The number of halogens is 1. The molecular formula is C15H22ClN. The van der Waals surface area contributed by atoms with Crippen LogP contribution in [0.15, 0.2) is 24.3 Å². The quantitative estimate of drug-likeness (QED) is 0.826. The molecule has 94 valence electrons. The lowest BCUT2D eigenvalue weighted by molar-refractivity contribution is 0.286. The monoisotopic (exact) mass is 251 g/mol. The molecule has 1 aromatic carbocycles. The molecule has 0 radical (unpaired) electrons. The Morgan fingerprint density at radius 2 is 2.00 bits per heavy atom. The predicted octanol–water partition coefficient (Wildman–Crippen LogP) is 4.22. The van der Waals surface area contributed by atoms with Crippen LogP contribution in [-0.2, 0) is 0 Å². The number of rotatable bonds is 5. The molecule has 1 saturated carbocycles. The highest BCUT2D eigenvalue weighted by Crippen LogP contribution is 2.39. The Bertz CT molecular complexity index is 356. The van der Waals surface area contributed by atoms with E-state index < -0.39 is 0 Å². The van der Waals surface area contributed by atoms with Crippen molar-refractivity contribution in [3.8, 4) is 0 Å². The summed E-state index contributed by atoms with van der Waals surface area (Å²) in [5.41, 5.74) is 1.33. The van der Waals surface area contributed by atoms with Crippen LogP contribution in [0.4, 0.5) is 0 Å². The molecule has 0 saturated heterocycles. The number of nitrogens with one attached hydrogen (secondary N) is 1. The predicted molar refractivity (Wildman–Crippen MR) is 74.7 cm³/mol. The topological polar surface area (TPSA) is 12.0 Å². The smallest absolute Gasteiger partial charge is 0.0440 e. The first-order chi connectivity index (χ1) is 8.16. The van der Waals surface area contributed by atoms with Crippen LogP contribution in [0.3, 0.4) is 0 Å². The second kappa shape index (κ2) is 5.88. The van der Waals surface area contributed by atoms with Crippen molar-refractivity contribution in [3.63, 3.8) is 0 Å².